The monoisotopic (exact) mass is 387 g/mol. The summed E-state index contributed by atoms with van der Waals surface area (Å²) in [6, 6.07) is 11.6. The molecule has 0 fully saturated rings. The number of nitrogens with one attached hydrogen (secondary N) is 1. The molecule has 0 saturated heterocycles. The Morgan fingerprint density at radius 2 is 1.36 bits per heavy atom. The molecule has 0 amide bonds. The van der Waals surface area contributed by atoms with Gasteiger partial charge in [-0.1, -0.05) is 12.1 Å². The second-order valence-corrected chi connectivity index (χ2v) is 6.11. The Bertz CT molecular complexity index is 793. The maximum Gasteiger partial charge on any atom is 0.188 e. The first-order valence-electron chi connectivity index (χ1n) is 9.06. The SMILES string of the molecule is COc1ccc(CCCNC(N)=NCc2ccc(OC)c(OC)c2)cc1OC. The molecular weight excluding hydrogens is 358 g/mol. The van der Waals surface area contributed by atoms with E-state index in [0.29, 0.717) is 24.0 Å². The zero-order valence-electron chi connectivity index (χ0n) is 17.0. The summed E-state index contributed by atoms with van der Waals surface area (Å²) in [5.74, 6) is 3.26. The third-order valence-corrected chi connectivity index (χ3v) is 4.28. The second-order valence-electron chi connectivity index (χ2n) is 6.11. The second kappa shape index (κ2) is 10.9. The van der Waals surface area contributed by atoms with Gasteiger partial charge in [0.2, 0.25) is 0 Å². The van der Waals surface area contributed by atoms with E-state index in [4.69, 9.17) is 24.7 Å². The summed E-state index contributed by atoms with van der Waals surface area (Å²) < 4.78 is 21.1. The topological polar surface area (TPSA) is 87.3 Å². The Morgan fingerprint density at radius 1 is 0.821 bits per heavy atom. The number of benzene rings is 2. The highest BCUT2D eigenvalue weighted by Gasteiger charge is 2.05. The lowest BCUT2D eigenvalue weighted by atomic mass is 10.1. The highest BCUT2D eigenvalue weighted by atomic mass is 16.5. The fourth-order valence-corrected chi connectivity index (χ4v) is 2.76. The lowest BCUT2D eigenvalue weighted by Crippen LogP contribution is -2.32. The van der Waals surface area contributed by atoms with Crippen molar-refractivity contribution in [1.82, 2.24) is 5.32 Å². The van der Waals surface area contributed by atoms with E-state index in [2.05, 4.69) is 10.3 Å². The molecule has 0 saturated carbocycles. The van der Waals surface area contributed by atoms with Gasteiger partial charge in [-0.3, -0.25) is 0 Å². The van der Waals surface area contributed by atoms with Gasteiger partial charge in [0.25, 0.3) is 0 Å². The summed E-state index contributed by atoms with van der Waals surface area (Å²) in [5, 5.41) is 3.14. The Labute approximate surface area is 166 Å². The molecule has 0 aliphatic heterocycles. The highest BCUT2D eigenvalue weighted by Crippen LogP contribution is 2.28. The van der Waals surface area contributed by atoms with Crippen molar-refractivity contribution in [3.63, 3.8) is 0 Å². The number of nitrogens with zero attached hydrogens (tertiary/aromatic N) is 1. The first-order valence-corrected chi connectivity index (χ1v) is 9.06. The molecule has 2 aromatic rings. The molecule has 0 aromatic heterocycles. The molecule has 0 aliphatic rings. The number of aryl methyl sites for hydroxylation is 1. The molecule has 0 aliphatic carbocycles. The fourth-order valence-electron chi connectivity index (χ4n) is 2.76. The van der Waals surface area contributed by atoms with Crippen LogP contribution < -0.4 is 30.0 Å². The van der Waals surface area contributed by atoms with Crippen molar-refractivity contribution in [2.45, 2.75) is 19.4 Å². The zero-order chi connectivity index (χ0) is 20.4. The lowest BCUT2D eigenvalue weighted by Gasteiger charge is -2.10. The minimum Gasteiger partial charge on any atom is -0.493 e. The normalized spacial score (nSPS) is 11.1. The van der Waals surface area contributed by atoms with Crippen molar-refractivity contribution < 1.29 is 18.9 Å². The Kier molecular flexibility index (Phi) is 8.27. The molecule has 0 unspecified atom stereocenters. The molecule has 28 heavy (non-hydrogen) atoms. The largest absolute Gasteiger partial charge is 0.493 e. The van der Waals surface area contributed by atoms with E-state index in [0.717, 1.165) is 36.4 Å². The number of nitrogens with two attached hydrogens (primary N) is 1. The van der Waals surface area contributed by atoms with Crippen LogP contribution in [0.2, 0.25) is 0 Å². The Balaban J connectivity index is 1.80. The van der Waals surface area contributed by atoms with Gasteiger partial charge in [-0.05, 0) is 48.2 Å². The van der Waals surface area contributed by atoms with Crippen LogP contribution in [0.15, 0.2) is 41.4 Å². The minimum absolute atomic E-state index is 0.419. The van der Waals surface area contributed by atoms with Crippen molar-refractivity contribution in [2.24, 2.45) is 10.7 Å². The summed E-state index contributed by atoms with van der Waals surface area (Å²) in [4.78, 5) is 4.37. The van der Waals surface area contributed by atoms with E-state index < -0.39 is 0 Å². The Hall–Kier alpha value is -3.09. The zero-order valence-corrected chi connectivity index (χ0v) is 17.0. The predicted octanol–water partition coefficient (Wildman–Crippen LogP) is 2.76. The third kappa shape index (κ3) is 5.97. The van der Waals surface area contributed by atoms with Crippen LogP contribution in [0.25, 0.3) is 0 Å². The molecule has 7 nitrogen and oxygen atoms in total. The quantitative estimate of drug-likeness (QED) is 0.370. The average Bonchev–Trinajstić information content (AvgIpc) is 2.74. The number of ether oxygens (including phenoxy) is 4. The number of hydrogen-bond donors (Lipinski definition) is 2. The van der Waals surface area contributed by atoms with E-state index in [1.807, 2.05) is 36.4 Å². The van der Waals surface area contributed by atoms with Gasteiger partial charge in [0.15, 0.2) is 29.0 Å². The number of aliphatic imine (C=N–C) groups is 1. The molecule has 7 heteroatoms. The van der Waals surface area contributed by atoms with Gasteiger partial charge < -0.3 is 30.0 Å². The summed E-state index contributed by atoms with van der Waals surface area (Å²) in [6.45, 7) is 1.20. The smallest absolute Gasteiger partial charge is 0.188 e. The molecule has 0 heterocycles. The van der Waals surface area contributed by atoms with Crippen LogP contribution in [0.5, 0.6) is 23.0 Å². The Morgan fingerprint density at radius 3 is 1.93 bits per heavy atom. The van der Waals surface area contributed by atoms with Gasteiger partial charge >= 0.3 is 0 Å². The fraction of sp³-hybridized carbons (Fsp3) is 0.381. The van der Waals surface area contributed by atoms with Crippen molar-refractivity contribution in [3.8, 4) is 23.0 Å². The van der Waals surface area contributed by atoms with Crippen LogP contribution in [-0.4, -0.2) is 40.9 Å². The molecule has 3 N–H and O–H groups in total. The molecule has 152 valence electrons. The van der Waals surface area contributed by atoms with Crippen LogP contribution >= 0.6 is 0 Å². The van der Waals surface area contributed by atoms with Crippen LogP contribution in [0, 0.1) is 0 Å². The van der Waals surface area contributed by atoms with Gasteiger partial charge in [-0.15, -0.1) is 0 Å². The number of hydrogen-bond acceptors (Lipinski definition) is 5. The van der Waals surface area contributed by atoms with Crippen molar-refractivity contribution >= 4 is 5.96 Å². The molecule has 2 rings (SSSR count). The third-order valence-electron chi connectivity index (χ3n) is 4.28. The van der Waals surface area contributed by atoms with Crippen LogP contribution in [0.1, 0.15) is 17.5 Å². The highest BCUT2D eigenvalue weighted by molar-refractivity contribution is 5.77. The molecule has 2 aromatic carbocycles. The van der Waals surface area contributed by atoms with E-state index in [1.165, 1.54) is 5.56 Å². The molecule has 0 radical (unpaired) electrons. The van der Waals surface area contributed by atoms with Gasteiger partial charge in [-0.2, -0.15) is 0 Å². The van der Waals surface area contributed by atoms with Gasteiger partial charge in [0.05, 0.1) is 35.0 Å². The first-order chi connectivity index (χ1) is 13.6. The predicted molar refractivity (Wildman–Crippen MR) is 111 cm³/mol. The summed E-state index contributed by atoms with van der Waals surface area (Å²) >= 11 is 0. The molecule has 0 atom stereocenters. The van der Waals surface area contributed by atoms with Crippen molar-refractivity contribution in [3.05, 3.63) is 47.5 Å². The summed E-state index contributed by atoms with van der Waals surface area (Å²) in [5.41, 5.74) is 8.13. The first kappa shape index (κ1) is 21.2. The number of rotatable bonds is 10. The van der Waals surface area contributed by atoms with Crippen LogP contribution in [0.4, 0.5) is 0 Å². The molecule has 0 spiro atoms. The van der Waals surface area contributed by atoms with Gasteiger partial charge in [0, 0.05) is 6.54 Å². The summed E-state index contributed by atoms with van der Waals surface area (Å²) in [7, 11) is 6.49. The van der Waals surface area contributed by atoms with Crippen LogP contribution in [0.3, 0.4) is 0 Å². The van der Waals surface area contributed by atoms with E-state index in [1.54, 1.807) is 28.4 Å². The lowest BCUT2D eigenvalue weighted by molar-refractivity contribution is 0.354. The summed E-state index contributed by atoms with van der Waals surface area (Å²) in [6.07, 6.45) is 1.82. The van der Waals surface area contributed by atoms with Gasteiger partial charge in [-0.25, -0.2) is 4.99 Å². The average molecular weight is 387 g/mol. The van der Waals surface area contributed by atoms with Crippen molar-refractivity contribution in [1.29, 1.82) is 0 Å². The minimum atomic E-state index is 0.419. The number of methoxy groups -OCH3 is 4. The maximum atomic E-state index is 5.96. The van der Waals surface area contributed by atoms with Crippen LogP contribution in [-0.2, 0) is 13.0 Å². The van der Waals surface area contributed by atoms with E-state index >= 15 is 0 Å². The van der Waals surface area contributed by atoms with E-state index in [-0.39, 0.29) is 0 Å². The van der Waals surface area contributed by atoms with Gasteiger partial charge in [0.1, 0.15) is 0 Å². The number of guanidine groups is 1. The molecule has 0 bridgehead atoms. The van der Waals surface area contributed by atoms with Crippen molar-refractivity contribution in [2.75, 3.05) is 35.0 Å². The van der Waals surface area contributed by atoms with E-state index in [9.17, 15) is 0 Å². The molecular formula is C21H29N3O4. The maximum absolute atomic E-state index is 5.96. The standard InChI is InChI=1S/C21H29N3O4/c1-25-17-9-7-15(12-19(17)27-3)6-5-11-23-21(22)24-14-16-8-10-18(26-2)20(13-16)28-4/h7-10,12-13H,5-6,11,14H2,1-4H3,(H3,22,23,24).